The van der Waals surface area contributed by atoms with Gasteiger partial charge in [0.1, 0.15) is 22.8 Å². The van der Waals surface area contributed by atoms with Crippen LogP contribution < -0.4 is 5.32 Å². The van der Waals surface area contributed by atoms with Crippen LogP contribution in [0.3, 0.4) is 0 Å². The van der Waals surface area contributed by atoms with Crippen LogP contribution in [0.25, 0.3) is 56.0 Å². The van der Waals surface area contributed by atoms with Crippen LogP contribution in [0.1, 0.15) is 58.5 Å². The highest BCUT2D eigenvalue weighted by Crippen LogP contribution is 2.28. The lowest BCUT2D eigenvalue weighted by atomic mass is 10.0. The molecule has 7 heterocycles. The zero-order valence-corrected chi connectivity index (χ0v) is 40.2. The molecule has 3 saturated heterocycles. The van der Waals surface area contributed by atoms with Crippen LogP contribution in [-0.2, 0) is 27.3 Å². The molecule has 19 nitrogen and oxygen atoms in total. The zero-order valence-electron chi connectivity index (χ0n) is 40.2. The smallest absolute Gasteiger partial charge is 0.337 e. The fourth-order valence-corrected chi connectivity index (χ4v) is 8.77. The summed E-state index contributed by atoms with van der Waals surface area (Å²) in [4.78, 5) is 31.9. The molecule has 0 aliphatic carbocycles. The third-order valence-electron chi connectivity index (χ3n) is 12.8. The molecule has 19 heteroatoms. The summed E-state index contributed by atoms with van der Waals surface area (Å²) in [5.41, 5.74) is 9.69. The molecule has 0 bridgehead atoms. The Morgan fingerprint density at radius 1 is 0.643 bits per heavy atom. The zero-order chi connectivity index (χ0) is 48.4. The number of carbonyl (C=O) groups excluding carboxylic acids is 2. The molecule has 3 aliphatic rings. The number of methoxy groups -OCH3 is 1. The van der Waals surface area contributed by atoms with E-state index in [9.17, 15) is 9.59 Å². The van der Waals surface area contributed by atoms with Crippen molar-refractivity contribution in [3.8, 4) is 34.2 Å². The van der Waals surface area contributed by atoms with Gasteiger partial charge in [0.25, 0.3) is 5.91 Å². The van der Waals surface area contributed by atoms with E-state index in [4.69, 9.17) is 14.2 Å². The number of rotatable bonds is 11. The van der Waals surface area contributed by atoms with Gasteiger partial charge in [-0.2, -0.15) is 10.2 Å². The van der Waals surface area contributed by atoms with Gasteiger partial charge >= 0.3 is 5.97 Å². The van der Waals surface area contributed by atoms with Gasteiger partial charge in [-0.3, -0.25) is 24.8 Å². The van der Waals surface area contributed by atoms with Crippen molar-refractivity contribution in [1.29, 1.82) is 0 Å². The van der Waals surface area contributed by atoms with Gasteiger partial charge < -0.3 is 24.4 Å². The van der Waals surface area contributed by atoms with Gasteiger partial charge in [0.15, 0.2) is 0 Å². The fraction of sp³-hybridized carbons (Fsp3) is 0.373. The van der Waals surface area contributed by atoms with Crippen molar-refractivity contribution in [1.82, 2.24) is 70.4 Å². The van der Waals surface area contributed by atoms with E-state index in [2.05, 4.69) is 104 Å². The van der Waals surface area contributed by atoms with Crippen molar-refractivity contribution in [3.05, 3.63) is 120 Å². The maximum Gasteiger partial charge on any atom is 0.337 e. The predicted molar refractivity (Wildman–Crippen MR) is 266 cm³/mol. The van der Waals surface area contributed by atoms with Gasteiger partial charge in [-0.15, -0.1) is 10.2 Å². The summed E-state index contributed by atoms with van der Waals surface area (Å²) in [6, 6.07) is 27.7. The molecule has 11 rings (SSSR count). The van der Waals surface area contributed by atoms with Gasteiger partial charge in [0.05, 0.1) is 73.9 Å². The van der Waals surface area contributed by atoms with Crippen LogP contribution >= 0.6 is 0 Å². The third kappa shape index (κ3) is 11.3. The monoisotopic (exact) mass is 948 g/mol. The van der Waals surface area contributed by atoms with Crippen LogP contribution in [0.5, 0.6) is 0 Å². The lowest BCUT2D eigenvalue weighted by molar-refractivity contribution is 0.0341. The number of hydrogen-bond acceptors (Lipinski definition) is 14. The molecule has 4 aromatic carbocycles. The van der Waals surface area contributed by atoms with E-state index < -0.39 is 5.97 Å². The van der Waals surface area contributed by atoms with Crippen LogP contribution in [0.4, 0.5) is 0 Å². The highest BCUT2D eigenvalue weighted by atomic mass is 16.5. The van der Waals surface area contributed by atoms with Crippen molar-refractivity contribution < 1.29 is 23.8 Å². The second-order valence-electron chi connectivity index (χ2n) is 17.4. The van der Waals surface area contributed by atoms with E-state index in [1.807, 2.05) is 56.6 Å². The Morgan fingerprint density at radius 2 is 1.10 bits per heavy atom. The fourth-order valence-electron chi connectivity index (χ4n) is 8.77. The van der Waals surface area contributed by atoms with E-state index in [0.717, 1.165) is 125 Å². The van der Waals surface area contributed by atoms with E-state index in [0.29, 0.717) is 33.9 Å². The molecule has 3 aliphatic heterocycles. The number of ether oxygens (including phenoxy) is 3. The van der Waals surface area contributed by atoms with Gasteiger partial charge in [0, 0.05) is 61.6 Å². The normalized spacial score (nSPS) is 16.1. The number of esters is 1. The molecular formula is C51H60N14O5. The average molecular weight is 949 g/mol. The first kappa shape index (κ1) is 47.9. The molecule has 364 valence electrons. The molecule has 1 amide bonds. The minimum atomic E-state index is -0.394. The summed E-state index contributed by atoms with van der Waals surface area (Å²) in [5, 5.41) is 37.0. The second kappa shape index (κ2) is 22.5. The quantitative estimate of drug-likeness (QED) is 0.129. The lowest BCUT2D eigenvalue weighted by Gasteiger charge is -2.29. The van der Waals surface area contributed by atoms with Crippen molar-refractivity contribution in [2.75, 3.05) is 79.9 Å². The first-order valence-corrected chi connectivity index (χ1v) is 24.0. The number of amides is 1. The van der Waals surface area contributed by atoms with Gasteiger partial charge in [-0.1, -0.05) is 48.5 Å². The number of benzene rings is 4. The number of carbonyl (C=O) groups is 2. The van der Waals surface area contributed by atoms with Crippen LogP contribution in [0.15, 0.2) is 97.3 Å². The maximum atomic E-state index is 13.0. The maximum absolute atomic E-state index is 13.0. The van der Waals surface area contributed by atoms with Crippen molar-refractivity contribution in [2.45, 2.75) is 45.8 Å². The summed E-state index contributed by atoms with van der Waals surface area (Å²) in [7, 11) is 3.48. The summed E-state index contributed by atoms with van der Waals surface area (Å²) in [6.07, 6.45) is 5.65. The molecule has 3 fully saturated rings. The second-order valence-corrected chi connectivity index (χ2v) is 17.4. The summed E-state index contributed by atoms with van der Waals surface area (Å²) < 4.78 is 19.1. The third-order valence-corrected chi connectivity index (χ3v) is 12.8. The number of H-pyrrole nitrogens is 2. The number of hydrogen-bond donors (Lipinski definition) is 3. The highest BCUT2D eigenvalue weighted by Gasteiger charge is 2.22. The standard InChI is InChI=1S/C27H32N8O2.C22H22N6O3.C2H6/c1-33-10-8-21(9-11-33)28-27(36)20-4-7-24-23(16-20)26(31-29-24)25-18-35(32-30-25)22-5-2-19(3-6-22)17-34-12-14-37-15-13-34;1-30-22(29)16-4-7-19-18(12-16)21(25-23-19)20-14-28(26-24-20)17-5-2-15(3-6-17)13-27-8-10-31-11-9-27;1-2/h2-7,16,18,21H,8-15,17H2,1H3,(H,28,36)(H,29,31);2-7,12,14H,8-11,13H2,1H3,(H,23,25);1-2H3. The number of likely N-dealkylation sites (tertiary alicyclic amines) is 1. The van der Waals surface area contributed by atoms with Crippen molar-refractivity contribution >= 4 is 33.7 Å². The lowest BCUT2D eigenvalue weighted by Crippen LogP contribution is -2.43. The van der Waals surface area contributed by atoms with E-state index >= 15 is 0 Å². The number of nitrogens with one attached hydrogen (secondary N) is 3. The number of nitrogens with zero attached hydrogens (tertiary/aromatic N) is 11. The Hall–Kier alpha value is -7.16. The van der Waals surface area contributed by atoms with Crippen molar-refractivity contribution in [3.63, 3.8) is 0 Å². The van der Waals surface area contributed by atoms with Crippen LogP contribution in [0.2, 0.25) is 0 Å². The molecule has 0 radical (unpaired) electrons. The largest absolute Gasteiger partial charge is 0.465 e. The first-order valence-electron chi connectivity index (χ1n) is 24.0. The van der Waals surface area contributed by atoms with Crippen LogP contribution in [0, 0.1) is 0 Å². The molecule has 4 aromatic heterocycles. The summed E-state index contributed by atoms with van der Waals surface area (Å²) in [5.74, 6) is -0.445. The highest BCUT2D eigenvalue weighted by molar-refractivity contribution is 6.01. The summed E-state index contributed by atoms with van der Waals surface area (Å²) in [6.45, 7) is 14.9. The number of fused-ring (bicyclic) bond motifs is 2. The molecule has 0 saturated carbocycles. The van der Waals surface area contributed by atoms with Crippen LogP contribution in [-0.4, -0.2) is 163 Å². The molecule has 0 spiro atoms. The van der Waals surface area contributed by atoms with E-state index in [1.165, 1.54) is 18.2 Å². The van der Waals surface area contributed by atoms with E-state index in [-0.39, 0.29) is 11.9 Å². The number of aromatic amines is 2. The summed E-state index contributed by atoms with van der Waals surface area (Å²) >= 11 is 0. The topological polar surface area (TPSA) is 202 Å². The SMILES string of the molecule is CC.CN1CCC(NC(=O)c2ccc3[nH]nc(-c4cn(-c5ccc(CN6CCOCC6)cc5)nn4)c3c2)CC1.COC(=O)c1ccc2[nH]nc(-c3cn(-c4ccc(CN5CCOCC5)cc4)nn3)c2c1. The minimum absolute atomic E-state index is 0.0515. The Balaban J connectivity index is 0.000000170. The van der Waals surface area contributed by atoms with Gasteiger partial charge in [-0.25, -0.2) is 14.2 Å². The molecule has 8 aromatic rings. The number of aromatic nitrogens is 10. The Morgan fingerprint density at radius 3 is 1.57 bits per heavy atom. The molecule has 3 N–H and O–H groups in total. The Kier molecular flexibility index (Phi) is 15.4. The van der Waals surface area contributed by atoms with E-state index in [1.54, 1.807) is 27.6 Å². The minimum Gasteiger partial charge on any atom is -0.465 e. The molecular weight excluding hydrogens is 889 g/mol. The predicted octanol–water partition coefficient (Wildman–Crippen LogP) is 5.92. The Bertz CT molecular complexity index is 2980. The molecule has 0 atom stereocenters. The number of morpholine rings is 2. The van der Waals surface area contributed by atoms with Gasteiger partial charge in [0.2, 0.25) is 0 Å². The van der Waals surface area contributed by atoms with Crippen molar-refractivity contribution in [2.24, 2.45) is 0 Å². The van der Waals surface area contributed by atoms with Gasteiger partial charge in [-0.05, 0) is 105 Å². The molecule has 70 heavy (non-hydrogen) atoms. The molecule has 0 unspecified atom stereocenters. The number of piperidine rings is 1. The Labute approximate surface area is 406 Å². The first-order chi connectivity index (χ1) is 34.3. The average Bonchev–Trinajstić information content (AvgIpc) is 4.26.